The first-order chi connectivity index (χ1) is 32.5. The molecule has 0 aliphatic rings. The molecule has 0 amide bonds. The van der Waals surface area contributed by atoms with Gasteiger partial charge in [0.05, 0.1) is 0 Å². The first-order valence-corrected chi connectivity index (χ1v) is 25.2. The molecule has 364 valence electrons. The molecule has 0 aromatic heterocycles. The molecule has 0 radical (unpaired) electrons. The summed E-state index contributed by atoms with van der Waals surface area (Å²) in [5.74, 6) is -1.12. The van der Waals surface area contributed by atoms with E-state index in [1.54, 1.807) is 0 Å². The van der Waals surface area contributed by atoms with Gasteiger partial charge in [0, 0.05) is 19.3 Å². The van der Waals surface area contributed by atoms with Gasteiger partial charge in [0.2, 0.25) is 0 Å². The molecular formula is C60H88O6. The molecule has 6 heteroatoms. The maximum atomic E-state index is 12.8. The molecule has 0 saturated heterocycles. The van der Waals surface area contributed by atoms with E-state index in [1.807, 2.05) is 48.6 Å². The van der Waals surface area contributed by atoms with Crippen LogP contribution in [-0.2, 0) is 28.6 Å². The first kappa shape index (κ1) is 60.8. The van der Waals surface area contributed by atoms with E-state index >= 15 is 0 Å². The number of hydrogen-bond donors (Lipinski definition) is 0. The highest BCUT2D eigenvalue weighted by molar-refractivity contribution is 5.71. The zero-order valence-corrected chi connectivity index (χ0v) is 41.4. The highest BCUT2D eigenvalue weighted by atomic mass is 16.6. The molecule has 0 rings (SSSR count). The molecule has 0 aromatic rings. The van der Waals surface area contributed by atoms with E-state index in [0.717, 1.165) is 116 Å². The third-order valence-electron chi connectivity index (χ3n) is 9.56. The fourth-order valence-electron chi connectivity index (χ4n) is 5.88. The van der Waals surface area contributed by atoms with Crippen LogP contribution in [0.25, 0.3) is 0 Å². The van der Waals surface area contributed by atoms with Crippen LogP contribution in [0.2, 0.25) is 0 Å². The van der Waals surface area contributed by atoms with Crippen molar-refractivity contribution >= 4 is 17.9 Å². The van der Waals surface area contributed by atoms with Crippen LogP contribution in [0.3, 0.4) is 0 Å². The lowest BCUT2D eigenvalue weighted by atomic mass is 10.1. The second-order valence-corrected chi connectivity index (χ2v) is 15.7. The number of ether oxygens (including phenoxy) is 3. The Morgan fingerprint density at radius 3 is 1.06 bits per heavy atom. The molecule has 0 N–H and O–H groups in total. The van der Waals surface area contributed by atoms with E-state index in [9.17, 15) is 14.4 Å². The number of allylic oxidation sites excluding steroid dienone is 28. The van der Waals surface area contributed by atoms with Crippen molar-refractivity contribution in [1.29, 1.82) is 0 Å². The van der Waals surface area contributed by atoms with Gasteiger partial charge in [-0.15, -0.1) is 0 Å². The van der Waals surface area contributed by atoms with E-state index in [1.165, 1.54) is 0 Å². The van der Waals surface area contributed by atoms with Crippen molar-refractivity contribution < 1.29 is 28.6 Å². The molecule has 0 spiro atoms. The van der Waals surface area contributed by atoms with Crippen LogP contribution in [0.1, 0.15) is 168 Å². The van der Waals surface area contributed by atoms with Gasteiger partial charge in [-0.3, -0.25) is 14.4 Å². The molecule has 1 unspecified atom stereocenters. The number of carbonyl (C=O) groups excluding carboxylic acids is 3. The Balaban J connectivity index is 4.65. The van der Waals surface area contributed by atoms with E-state index in [-0.39, 0.29) is 44.4 Å². The largest absolute Gasteiger partial charge is 0.462 e. The molecule has 0 aliphatic carbocycles. The van der Waals surface area contributed by atoms with Gasteiger partial charge in [-0.25, -0.2) is 0 Å². The maximum absolute atomic E-state index is 12.8. The summed E-state index contributed by atoms with van der Waals surface area (Å²) in [5.41, 5.74) is 0. The Labute approximate surface area is 402 Å². The summed E-state index contributed by atoms with van der Waals surface area (Å²) in [4.78, 5) is 37.9. The molecule has 1 atom stereocenters. The van der Waals surface area contributed by atoms with Crippen molar-refractivity contribution in [2.75, 3.05) is 13.2 Å². The van der Waals surface area contributed by atoms with Crippen molar-refractivity contribution in [2.45, 2.75) is 175 Å². The quantitative estimate of drug-likeness (QED) is 0.0200. The average molecular weight is 905 g/mol. The van der Waals surface area contributed by atoms with Crippen LogP contribution < -0.4 is 0 Å². The Morgan fingerprint density at radius 1 is 0.318 bits per heavy atom. The molecule has 0 fully saturated rings. The summed E-state index contributed by atoms with van der Waals surface area (Å²) >= 11 is 0. The Kier molecular flexibility index (Phi) is 48.2. The smallest absolute Gasteiger partial charge is 0.306 e. The summed E-state index contributed by atoms with van der Waals surface area (Å²) in [5, 5.41) is 0. The van der Waals surface area contributed by atoms with E-state index in [4.69, 9.17) is 14.2 Å². The lowest BCUT2D eigenvalue weighted by Crippen LogP contribution is -2.30. The van der Waals surface area contributed by atoms with Gasteiger partial charge in [-0.05, 0) is 116 Å². The fourth-order valence-corrected chi connectivity index (χ4v) is 5.88. The lowest BCUT2D eigenvalue weighted by molar-refractivity contribution is -0.166. The fraction of sp³-hybridized carbons (Fsp3) is 0.483. The normalized spacial score (nSPS) is 13.6. The summed E-state index contributed by atoms with van der Waals surface area (Å²) in [6.45, 7) is 6.10. The van der Waals surface area contributed by atoms with E-state index in [2.05, 4.69) is 142 Å². The number of rotatable bonds is 42. The molecule has 0 bridgehead atoms. The van der Waals surface area contributed by atoms with E-state index in [0.29, 0.717) is 12.8 Å². The molecular weight excluding hydrogens is 817 g/mol. The zero-order chi connectivity index (χ0) is 47.9. The minimum Gasteiger partial charge on any atom is -0.462 e. The third kappa shape index (κ3) is 49.8. The lowest BCUT2D eigenvalue weighted by Gasteiger charge is -2.18. The third-order valence-corrected chi connectivity index (χ3v) is 9.56. The minimum atomic E-state index is -0.857. The van der Waals surface area contributed by atoms with Gasteiger partial charge >= 0.3 is 17.9 Å². The standard InChI is InChI=1S/C60H88O6/c1-4-7-10-13-16-19-22-25-27-29-30-31-33-35-38-41-44-47-50-53-59(62)65-56-57(55-64-58(61)52-49-46-43-40-37-34-24-21-18-15-12-9-6-3)66-60(63)54-51-48-45-42-39-36-32-28-26-23-20-17-14-11-8-5-2/h7-12,15-21,24-28,30-31,34-39,45,48,57H,4-6,13-14,22-23,29,32-33,40-44,46-47,49-56H2,1-3H3/b10-7-,11-8-,12-9-,18-15-,19-16-,20-17-,24-21-,27-25-,28-26-,31-30-,37-34-,38-35-,39-36-,48-45-. The summed E-state index contributed by atoms with van der Waals surface area (Å²) in [7, 11) is 0. The second-order valence-electron chi connectivity index (χ2n) is 15.7. The topological polar surface area (TPSA) is 78.9 Å². The Morgan fingerprint density at radius 2 is 0.652 bits per heavy atom. The predicted octanol–water partition coefficient (Wildman–Crippen LogP) is 16.8. The van der Waals surface area contributed by atoms with Gasteiger partial charge < -0.3 is 14.2 Å². The molecule has 0 aliphatic heterocycles. The zero-order valence-electron chi connectivity index (χ0n) is 41.4. The molecule has 0 heterocycles. The monoisotopic (exact) mass is 905 g/mol. The van der Waals surface area contributed by atoms with Crippen LogP contribution in [0.15, 0.2) is 170 Å². The van der Waals surface area contributed by atoms with Crippen molar-refractivity contribution in [1.82, 2.24) is 0 Å². The molecule has 6 nitrogen and oxygen atoms in total. The van der Waals surface area contributed by atoms with Gasteiger partial charge in [0.25, 0.3) is 0 Å². The summed E-state index contributed by atoms with van der Waals surface area (Å²) < 4.78 is 16.6. The van der Waals surface area contributed by atoms with Gasteiger partial charge in [-0.2, -0.15) is 0 Å². The highest BCUT2D eigenvalue weighted by Crippen LogP contribution is 2.10. The van der Waals surface area contributed by atoms with Crippen LogP contribution in [0, 0.1) is 0 Å². The molecule has 0 aromatic carbocycles. The first-order valence-electron chi connectivity index (χ1n) is 25.2. The van der Waals surface area contributed by atoms with Crippen LogP contribution in [0.5, 0.6) is 0 Å². The SMILES string of the molecule is CC\C=C/C=C\C=C/C=C\CCCCCC(=O)OCC(COC(=O)CCCCC/C=C\C/C=C\C/C=C\C/C=C\C/C=C\CC)OC(=O)CC/C=C\C/C=C\C/C=C\C/C=C\C/C=C\CC. The van der Waals surface area contributed by atoms with Crippen molar-refractivity contribution in [3.05, 3.63) is 170 Å². The number of carbonyl (C=O) groups is 3. The maximum Gasteiger partial charge on any atom is 0.306 e. The summed E-state index contributed by atoms with van der Waals surface area (Å²) in [6.07, 6.45) is 77.8. The van der Waals surface area contributed by atoms with Crippen molar-refractivity contribution in [3.8, 4) is 0 Å². The highest BCUT2D eigenvalue weighted by Gasteiger charge is 2.19. The Bertz CT molecular complexity index is 1600. The van der Waals surface area contributed by atoms with Gasteiger partial charge in [0.1, 0.15) is 13.2 Å². The van der Waals surface area contributed by atoms with Crippen LogP contribution in [-0.4, -0.2) is 37.2 Å². The number of esters is 3. The van der Waals surface area contributed by atoms with Gasteiger partial charge in [-0.1, -0.05) is 204 Å². The van der Waals surface area contributed by atoms with E-state index < -0.39 is 12.1 Å². The average Bonchev–Trinajstić information content (AvgIpc) is 3.31. The number of hydrogen-bond acceptors (Lipinski definition) is 6. The van der Waals surface area contributed by atoms with Crippen molar-refractivity contribution in [3.63, 3.8) is 0 Å². The summed E-state index contributed by atoms with van der Waals surface area (Å²) in [6, 6.07) is 0. The predicted molar refractivity (Wildman–Crippen MR) is 283 cm³/mol. The van der Waals surface area contributed by atoms with Crippen molar-refractivity contribution in [2.24, 2.45) is 0 Å². The number of unbranched alkanes of at least 4 members (excludes halogenated alkanes) is 6. The van der Waals surface area contributed by atoms with Crippen LogP contribution in [0.4, 0.5) is 0 Å². The minimum absolute atomic E-state index is 0.147. The molecule has 0 saturated carbocycles. The van der Waals surface area contributed by atoms with Crippen LogP contribution >= 0.6 is 0 Å². The Hall–Kier alpha value is -5.23. The van der Waals surface area contributed by atoms with Gasteiger partial charge in [0.15, 0.2) is 6.10 Å². The second kappa shape index (κ2) is 52.4. The molecule has 66 heavy (non-hydrogen) atoms.